The molecule has 8 aromatic rings. The third-order valence-corrected chi connectivity index (χ3v) is 8.95. The van der Waals surface area contributed by atoms with Crippen LogP contribution in [0.2, 0.25) is 0 Å². The maximum absolute atomic E-state index is 2.34. The minimum Gasteiger partial charge on any atom is -0.311 e. The Morgan fingerprint density at radius 1 is 0.444 bits per heavy atom. The Hall–Kier alpha value is -5.66. The lowest BCUT2D eigenvalue weighted by Gasteiger charge is -2.26. The second kappa shape index (κ2) is 11.1. The summed E-state index contributed by atoms with van der Waals surface area (Å²) in [4.78, 5) is 2.32. The second-order valence-electron chi connectivity index (χ2n) is 12.0. The van der Waals surface area contributed by atoms with Crippen molar-refractivity contribution in [2.24, 2.45) is 0 Å². The van der Waals surface area contributed by atoms with Gasteiger partial charge in [-0.1, -0.05) is 132 Å². The van der Waals surface area contributed by atoms with Gasteiger partial charge in [0.05, 0.1) is 0 Å². The molecule has 0 saturated carbocycles. The molecule has 0 aliphatic rings. The van der Waals surface area contributed by atoms with Gasteiger partial charge in [0, 0.05) is 17.1 Å². The Morgan fingerprint density at radius 2 is 0.956 bits per heavy atom. The molecule has 0 radical (unpaired) electrons. The normalized spacial score (nSPS) is 11.9. The Balaban J connectivity index is 1.27. The SMILES string of the molecule is Cc1ccc(N(c2ccc(C)cc2)c2ccc(C=C(c3ccccc3)c3ccc4ccc5cccc6ccc3c4c56)cc2)cc1. The molecule has 0 spiro atoms. The average molecular weight is 576 g/mol. The van der Waals surface area contributed by atoms with Gasteiger partial charge in [0.25, 0.3) is 0 Å². The minimum absolute atomic E-state index is 1.13. The fourth-order valence-corrected chi connectivity index (χ4v) is 6.63. The first-order chi connectivity index (χ1) is 22.1. The summed E-state index contributed by atoms with van der Waals surface area (Å²) < 4.78 is 0. The van der Waals surface area contributed by atoms with Crippen molar-refractivity contribution in [1.29, 1.82) is 0 Å². The zero-order chi connectivity index (χ0) is 30.3. The number of rotatable bonds is 6. The van der Waals surface area contributed by atoms with Crippen molar-refractivity contribution >= 4 is 61.0 Å². The summed E-state index contributed by atoms with van der Waals surface area (Å²) in [6, 6.07) is 57.5. The van der Waals surface area contributed by atoms with Crippen molar-refractivity contribution in [1.82, 2.24) is 0 Å². The quantitative estimate of drug-likeness (QED) is 0.141. The molecule has 0 saturated heterocycles. The number of hydrogen-bond donors (Lipinski definition) is 0. The van der Waals surface area contributed by atoms with Gasteiger partial charge in [-0.25, -0.2) is 0 Å². The largest absolute Gasteiger partial charge is 0.311 e. The van der Waals surface area contributed by atoms with Crippen LogP contribution in [0.25, 0.3) is 44.0 Å². The first kappa shape index (κ1) is 26.9. The molecule has 8 rings (SSSR count). The molecule has 1 nitrogen and oxygen atoms in total. The molecule has 0 aromatic heterocycles. The Labute approximate surface area is 264 Å². The van der Waals surface area contributed by atoms with Crippen LogP contribution < -0.4 is 4.90 Å². The van der Waals surface area contributed by atoms with Crippen LogP contribution in [-0.2, 0) is 0 Å². The molecule has 8 aromatic carbocycles. The van der Waals surface area contributed by atoms with Crippen molar-refractivity contribution in [2.75, 3.05) is 4.90 Å². The predicted octanol–water partition coefficient (Wildman–Crippen LogP) is 12.3. The standard InChI is InChI=1S/C44H33N/c1-30-11-21-37(22-12-30)45(38-23-13-31(2)14-24-38)39-25-15-32(16-26-39)29-42(33-7-4-3-5-8-33)40-27-19-36-18-17-34-9-6-10-35-20-28-41(40)44(36)43(34)35/h3-29H,1-2H3. The van der Waals surface area contributed by atoms with E-state index in [-0.39, 0.29) is 0 Å². The summed E-state index contributed by atoms with van der Waals surface area (Å²) in [7, 11) is 0. The molecular weight excluding hydrogens is 542 g/mol. The fraction of sp³-hybridized carbons (Fsp3) is 0.0455. The topological polar surface area (TPSA) is 3.24 Å². The van der Waals surface area contributed by atoms with Crippen LogP contribution in [0.1, 0.15) is 27.8 Å². The number of hydrogen-bond acceptors (Lipinski definition) is 1. The van der Waals surface area contributed by atoms with Crippen molar-refractivity contribution < 1.29 is 0 Å². The van der Waals surface area contributed by atoms with Gasteiger partial charge in [-0.3, -0.25) is 0 Å². The predicted molar refractivity (Wildman–Crippen MR) is 194 cm³/mol. The highest BCUT2D eigenvalue weighted by Gasteiger charge is 2.16. The van der Waals surface area contributed by atoms with E-state index in [0.717, 1.165) is 22.6 Å². The summed E-state index contributed by atoms with van der Waals surface area (Å²) >= 11 is 0. The Bertz CT molecular complexity index is 2230. The molecule has 0 heterocycles. The lowest BCUT2D eigenvalue weighted by molar-refractivity contribution is 1.27. The van der Waals surface area contributed by atoms with E-state index in [0.29, 0.717) is 0 Å². The molecule has 214 valence electrons. The summed E-state index contributed by atoms with van der Waals surface area (Å²) in [6.07, 6.45) is 2.34. The number of nitrogens with zero attached hydrogens (tertiary/aromatic N) is 1. The van der Waals surface area contributed by atoms with Crippen LogP contribution in [-0.4, -0.2) is 0 Å². The van der Waals surface area contributed by atoms with E-state index >= 15 is 0 Å². The average Bonchev–Trinajstić information content (AvgIpc) is 3.09. The molecule has 1 heteroatoms. The zero-order valence-corrected chi connectivity index (χ0v) is 25.5. The van der Waals surface area contributed by atoms with Crippen LogP contribution in [0.15, 0.2) is 158 Å². The van der Waals surface area contributed by atoms with E-state index in [1.165, 1.54) is 60.1 Å². The van der Waals surface area contributed by atoms with Crippen molar-refractivity contribution in [3.05, 3.63) is 186 Å². The maximum Gasteiger partial charge on any atom is 0.0462 e. The Kier molecular flexibility index (Phi) is 6.65. The van der Waals surface area contributed by atoms with Gasteiger partial charge in [-0.05, 0) is 111 Å². The van der Waals surface area contributed by atoms with Crippen LogP contribution in [0.3, 0.4) is 0 Å². The van der Waals surface area contributed by atoms with E-state index in [2.05, 4.69) is 183 Å². The van der Waals surface area contributed by atoms with Crippen molar-refractivity contribution in [3.63, 3.8) is 0 Å². The second-order valence-corrected chi connectivity index (χ2v) is 12.0. The van der Waals surface area contributed by atoms with E-state index in [9.17, 15) is 0 Å². The van der Waals surface area contributed by atoms with E-state index in [4.69, 9.17) is 0 Å². The molecule has 45 heavy (non-hydrogen) atoms. The van der Waals surface area contributed by atoms with E-state index in [1.54, 1.807) is 0 Å². The lowest BCUT2D eigenvalue weighted by Crippen LogP contribution is -2.09. The van der Waals surface area contributed by atoms with Crippen LogP contribution >= 0.6 is 0 Å². The van der Waals surface area contributed by atoms with Crippen LogP contribution in [0.4, 0.5) is 17.1 Å². The third-order valence-electron chi connectivity index (χ3n) is 8.95. The van der Waals surface area contributed by atoms with Gasteiger partial charge >= 0.3 is 0 Å². The van der Waals surface area contributed by atoms with Gasteiger partial charge in [-0.15, -0.1) is 0 Å². The summed E-state index contributed by atoms with van der Waals surface area (Å²) in [5.41, 5.74) is 10.8. The number of aryl methyl sites for hydroxylation is 2. The fourth-order valence-electron chi connectivity index (χ4n) is 6.63. The van der Waals surface area contributed by atoms with Crippen LogP contribution in [0.5, 0.6) is 0 Å². The highest BCUT2D eigenvalue weighted by Crippen LogP contribution is 2.40. The summed E-state index contributed by atoms with van der Waals surface area (Å²) in [5.74, 6) is 0. The molecule has 0 atom stereocenters. The summed E-state index contributed by atoms with van der Waals surface area (Å²) in [5, 5.41) is 7.83. The maximum atomic E-state index is 2.34. The highest BCUT2D eigenvalue weighted by atomic mass is 15.1. The van der Waals surface area contributed by atoms with Gasteiger partial charge in [0.15, 0.2) is 0 Å². The molecule has 0 fully saturated rings. The van der Waals surface area contributed by atoms with Crippen molar-refractivity contribution in [3.8, 4) is 0 Å². The van der Waals surface area contributed by atoms with Crippen LogP contribution in [0, 0.1) is 13.8 Å². The monoisotopic (exact) mass is 575 g/mol. The van der Waals surface area contributed by atoms with E-state index < -0.39 is 0 Å². The molecular formula is C44H33N. The molecule has 0 amide bonds. The van der Waals surface area contributed by atoms with Gasteiger partial charge < -0.3 is 4.90 Å². The smallest absolute Gasteiger partial charge is 0.0462 e. The first-order valence-electron chi connectivity index (χ1n) is 15.6. The first-order valence-corrected chi connectivity index (χ1v) is 15.6. The molecule has 0 aliphatic heterocycles. The van der Waals surface area contributed by atoms with Gasteiger partial charge in [-0.2, -0.15) is 0 Å². The lowest BCUT2D eigenvalue weighted by atomic mass is 9.87. The molecule has 0 bridgehead atoms. The van der Waals surface area contributed by atoms with Gasteiger partial charge in [0.2, 0.25) is 0 Å². The number of benzene rings is 8. The van der Waals surface area contributed by atoms with E-state index in [1.807, 2.05) is 0 Å². The summed E-state index contributed by atoms with van der Waals surface area (Å²) in [6.45, 7) is 4.26. The minimum atomic E-state index is 1.13. The molecule has 0 unspecified atom stereocenters. The molecule has 0 aliphatic carbocycles. The third kappa shape index (κ3) is 4.93. The number of anilines is 3. The Morgan fingerprint density at radius 3 is 1.56 bits per heavy atom. The molecule has 0 N–H and O–H groups in total. The zero-order valence-electron chi connectivity index (χ0n) is 25.5. The van der Waals surface area contributed by atoms with Gasteiger partial charge in [0.1, 0.15) is 0 Å². The van der Waals surface area contributed by atoms with Crippen molar-refractivity contribution in [2.45, 2.75) is 13.8 Å². The highest BCUT2D eigenvalue weighted by molar-refractivity contribution is 6.25.